The van der Waals surface area contributed by atoms with Gasteiger partial charge in [0.1, 0.15) is 0 Å². The van der Waals surface area contributed by atoms with Gasteiger partial charge in [0.05, 0.1) is 19.4 Å². The van der Waals surface area contributed by atoms with Crippen LogP contribution in [-0.2, 0) is 19.1 Å². The molecule has 0 radical (unpaired) electrons. The van der Waals surface area contributed by atoms with Crippen LogP contribution in [0.3, 0.4) is 0 Å². The average molecular weight is 279 g/mol. The zero-order valence-corrected chi connectivity index (χ0v) is 10.4. The summed E-state index contributed by atoms with van der Waals surface area (Å²) in [6.45, 7) is 5.02. The monoisotopic (exact) mass is 279 g/mol. The van der Waals surface area contributed by atoms with Gasteiger partial charge in [-0.15, -0.1) is 0 Å². The molecule has 0 fully saturated rings. The zero-order valence-electron chi connectivity index (χ0n) is 10.4. The van der Waals surface area contributed by atoms with E-state index >= 15 is 0 Å². The van der Waals surface area contributed by atoms with E-state index in [4.69, 9.17) is 15.3 Å². The Balaban J connectivity index is -0.000000209. The molecular formula is C10H17NO8. The lowest BCUT2D eigenvalue weighted by molar-refractivity contribution is -0.143. The van der Waals surface area contributed by atoms with Crippen LogP contribution in [0.25, 0.3) is 0 Å². The molecule has 9 nitrogen and oxygen atoms in total. The summed E-state index contributed by atoms with van der Waals surface area (Å²) in [5, 5.41) is 23.4. The summed E-state index contributed by atoms with van der Waals surface area (Å²) >= 11 is 0. The molecule has 0 aromatic carbocycles. The van der Waals surface area contributed by atoms with Crippen molar-refractivity contribution in [1.29, 1.82) is 0 Å². The van der Waals surface area contributed by atoms with Crippen LogP contribution >= 0.6 is 0 Å². The highest BCUT2D eigenvalue weighted by Gasteiger charge is 2.00. The maximum absolute atomic E-state index is 9.64. The Bertz CT molecular complexity index is 299. The number of rotatable bonds is 5. The molecule has 0 saturated heterocycles. The van der Waals surface area contributed by atoms with Crippen molar-refractivity contribution in [3.63, 3.8) is 0 Å². The fourth-order valence-electron chi connectivity index (χ4n) is 0.356. The SMILES string of the molecule is C=CC(=O)O.CCOC(N)=O.O=C(O)CCC(=O)O. The van der Waals surface area contributed by atoms with E-state index in [-0.39, 0.29) is 12.8 Å². The Morgan fingerprint density at radius 1 is 1.11 bits per heavy atom. The molecule has 0 unspecified atom stereocenters. The van der Waals surface area contributed by atoms with Crippen LogP contribution in [-0.4, -0.2) is 45.9 Å². The Morgan fingerprint density at radius 2 is 1.42 bits per heavy atom. The number of hydrogen-bond acceptors (Lipinski definition) is 5. The van der Waals surface area contributed by atoms with Crippen molar-refractivity contribution in [2.75, 3.05) is 6.61 Å². The van der Waals surface area contributed by atoms with Crippen LogP contribution in [0, 0.1) is 0 Å². The average Bonchev–Trinajstić information content (AvgIpc) is 2.27. The Morgan fingerprint density at radius 3 is 1.47 bits per heavy atom. The van der Waals surface area contributed by atoms with Crippen LogP contribution in [0.4, 0.5) is 4.79 Å². The van der Waals surface area contributed by atoms with Crippen LogP contribution in [0.1, 0.15) is 19.8 Å². The summed E-state index contributed by atoms with van der Waals surface area (Å²) in [7, 11) is 0. The van der Waals surface area contributed by atoms with Gasteiger partial charge >= 0.3 is 24.0 Å². The van der Waals surface area contributed by atoms with Gasteiger partial charge in [0.25, 0.3) is 0 Å². The first-order chi connectivity index (χ1) is 8.67. The molecular weight excluding hydrogens is 262 g/mol. The summed E-state index contributed by atoms with van der Waals surface area (Å²) in [5.74, 6) is -3.13. The largest absolute Gasteiger partial charge is 0.481 e. The molecule has 0 aromatic heterocycles. The number of carboxylic acid groups (broad SMARTS) is 3. The third kappa shape index (κ3) is 50.4. The lowest BCUT2D eigenvalue weighted by Gasteiger charge is -1.89. The second-order valence-corrected chi connectivity index (χ2v) is 2.58. The minimum Gasteiger partial charge on any atom is -0.481 e. The molecule has 9 heteroatoms. The topological polar surface area (TPSA) is 164 Å². The van der Waals surface area contributed by atoms with E-state index in [0.717, 1.165) is 6.08 Å². The maximum Gasteiger partial charge on any atom is 0.404 e. The highest BCUT2D eigenvalue weighted by molar-refractivity contribution is 5.78. The number of carbonyl (C=O) groups is 4. The van der Waals surface area contributed by atoms with Gasteiger partial charge in [-0.3, -0.25) is 9.59 Å². The van der Waals surface area contributed by atoms with Crippen LogP contribution in [0.5, 0.6) is 0 Å². The second kappa shape index (κ2) is 15.4. The van der Waals surface area contributed by atoms with Gasteiger partial charge in [0.2, 0.25) is 0 Å². The molecule has 1 amide bonds. The fraction of sp³-hybridized carbons (Fsp3) is 0.400. The number of carbonyl (C=O) groups excluding carboxylic acids is 1. The van der Waals surface area contributed by atoms with E-state index in [1.165, 1.54) is 0 Å². The first-order valence-corrected chi connectivity index (χ1v) is 4.88. The van der Waals surface area contributed by atoms with Gasteiger partial charge in [0, 0.05) is 6.08 Å². The molecule has 0 aliphatic rings. The first-order valence-electron chi connectivity index (χ1n) is 4.88. The van der Waals surface area contributed by atoms with Crippen molar-refractivity contribution in [2.45, 2.75) is 19.8 Å². The molecule has 0 rings (SSSR count). The van der Waals surface area contributed by atoms with Crippen LogP contribution in [0.15, 0.2) is 12.7 Å². The Hall–Kier alpha value is -2.58. The molecule has 0 aliphatic heterocycles. The third-order valence-electron chi connectivity index (χ3n) is 1.01. The van der Waals surface area contributed by atoms with Crippen molar-refractivity contribution >= 4 is 24.0 Å². The van der Waals surface area contributed by atoms with Crippen molar-refractivity contribution < 1.29 is 39.2 Å². The standard InChI is InChI=1S/C4H6O4.C3H7NO2.C3H4O2/c5-3(6)1-2-4(7)8;1-2-6-3(4)5;1-2-3(4)5/h1-2H2,(H,5,6)(H,7,8);2H2,1H3,(H2,4,5);2H,1H2,(H,4,5). The summed E-state index contributed by atoms with van der Waals surface area (Å²) in [6.07, 6.45) is -0.470. The van der Waals surface area contributed by atoms with Gasteiger partial charge in [-0.05, 0) is 6.92 Å². The number of carboxylic acids is 3. The van der Waals surface area contributed by atoms with E-state index in [1.807, 2.05) is 0 Å². The lowest BCUT2D eigenvalue weighted by atomic mass is 10.3. The van der Waals surface area contributed by atoms with Gasteiger partial charge in [0.15, 0.2) is 0 Å². The van der Waals surface area contributed by atoms with Crippen LogP contribution in [0.2, 0.25) is 0 Å². The van der Waals surface area contributed by atoms with E-state index < -0.39 is 24.0 Å². The predicted molar refractivity (Wildman–Crippen MR) is 63.5 cm³/mol. The lowest BCUT2D eigenvalue weighted by Crippen LogP contribution is -2.11. The predicted octanol–water partition coefficient (Wildman–Crippen LogP) is 0.294. The normalized spacial score (nSPS) is 7.63. The zero-order chi connectivity index (χ0) is 15.8. The van der Waals surface area contributed by atoms with E-state index in [9.17, 15) is 19.2 Å². The number of ether oxygens (including phenoxy) is 1. The van der Waals surface area contributed by atoms with Crippen LogP contribution < -0.4 is 5.73 Å². The summed E-state index contributed by atoms with van der Waals surface area (Å²) in [5.41, 5.74) is 4.54. The molecule has 0 saturated carbocycles. The third-order valence-corrected chi connectivity index (χ3v) is 1.01. The smallest absolute Gasteiger partial charge is 0.404 e. The van der Waals surface area contributed by atoms with Crippen molar-refractivity contribution in [3.8, 4) is 0 Å². The van der Waals surface area contributed by atoms with E-state index in [2.05, 4.69) is 17.0 Å². The number of amides is 1. The van der Waals surface area contributed by atoms with Crippen molar-refractivity contribution in [1.82, 2.24) is 0 Å². The van der Waals surface area contributed by atoms with Crippen molar-refractivity contribution in [2.24, 2.45) is 5.73 Å². The molecule has 0 aliphatic carbocycles. The van der Waals surface area contributed by atoms with E-state index in [0.29, 0.717) is 6.61 Å². The second-order valence-electron chi connectivity index (χ2n) is 2.58. The molecule has 110 valence electrons. The molecule has 0 aromatic rings. The molecule has 0 bridgehead atoms. The molecule has 0 heterocycles. The fourth-order valence-corrected chi connectivity index (χ4v) is 0.356. The highest BCUT2D eigenvalue weighted by Crippen LogP contribution is 1.86. The molecule has 0 spiro atoms. The Kier molecular flexibility index (Phi) is 17.6. The summed E-state index contributed by atoms with van der Waals surface area (Å²) in [6, 6.07) is 0. The number of aliphatic carboxylic acids is 3. The van der Waals surface area contributed by atoms with Crippen molar-refractivity contribution in [3.05, 3.63) is 12.7 Å². The molecule has 19 heavy (non-hydrogen) atoms. The number of nitrogens with two attached hydrogens (primary N) is 1. The van der Waals surface area contributed by atoms with Gasteiger partial charge in [-0.1, -0.05) is 6.58 Å². The number of hydrogen-bond donors (Lipinski definition) is 4. The molecule has 5 N–H and O–H groups in total. The first kappa shape index (κ1) is 21.7. The Labute approximate surface area is 109 Å². The molecule has 0 atom stereocenters. The quantitative estimate of drug-likeness (QED) is 0.521. The van der Waals surface area contributed by atoms with Gasteiger partial charge in [-0.2, -0.15) is 0 Å². The highest BCUT2D eigenvalue weighted by atomic mass is 16.5. The minimum absolute atomic E-state index is 0.296. The van der Waals surface area contributed by atoms with E-state index in [1.54, 1.807) is 6.92 Å². The minimum atomic E-state index is -1.08. The van der Waals surface area contributed by atoms with Gasteiger partial charge < -0.3 is 25.8 Å². The number of primary amides is 1. The summed E-state index contributed by atoms with van der Waals surface area (Å²) < 4.78 is 4.18. The van der Waals surface area contributed by atoms with Gasteiger partial charge in [-0.25, -0.2) is 9.59 Å². The summed E-state index contributed by atoms with van der Waals surface area (Å²) in [4.78, 5) is 38.1. The maximum atomic E-state index is 9.64.